The number of rotatable bonds is 5. The van der Waals surface area contributed by atoms with Crippen LogP contribution in [0.15, 0.2) is 30.3 Å². The van der Waals surface area contributed by atoms with Crippen LogP contribution in [0.25, 0.3) is 0 Å². The van der Waals surface area contributed by atoms with Crippen LogP contribution < -0.4 is 0 Å². The smallest absolute Gasteiger partial charge is 0.411 e. The van der Waals surface area contributed by atoms with Crippen molar-refractivity contribution >= 4 is 28.1 Å². The molecule has 0 aliphatic carbocycles. The zero-order chi connectivity index (χ0) is 20.2. The van der Waals surface area contributed by atoms with Crippen molar-refractivity contribution in [2.45, 2.75) is 63.1 Å². The summed E-state index contributed by atoms with van der Waals surface area (Å²) in [5, 5.41) is 0.361. The molecule has 2 heterocycles. The Bertz CT molecular complexity index is 728. The Morgan fingerprint density at radius 3 is 2.07 bits per heavy atom. The van der Waals surface area contributed by atoms with E-state index in [0.717, 1.165) is 5.56 Å². The molecule has 3 rings (SSSR count). The molecule has 0 saturated carbocycles. The van der Waals surface area contributed by atoms with E-state index in [0.29, 0.717) is 18.4 Å². The minimum atomic E-state index is -1.56. The Kier molecular flexibility index (Phi) is 4.83. The van der Waals surface area contributed by atoms with Gasteiger partial charge in [-0.25, -0.2) is 4.79 Å². The first-order chi connectivity index (χ1) is 12.4. The van der Waals surface area contributed by atoms with Crippen LogP contribution in [-0.4, -0.2) is 61.9 Å². The van der Waals surface area contributed by atoms with Gasteiger partial charge in [0.05, 0.1) is 28.7 Å². The van der Waals surface area contributed by atoms with Crippen molar-refractivity contribution in [2.24, 2.45) is 0 Å². The van der Waals surface area contributed by atoms with Crippen LogP contribution in [0.2, 0.25) is 39.3 Å². The molecule has 2 amide bonds. The third-order valence-corrected chi connectivity index (χ3v) is 14.8. The molecule has 2 aliphatic rings. The van der Waals surface area contributed by atoms with Crippen LogP contribution >= 0.6 is 0 Å². The Labute approximate surface area is 164 Å². The van der Waals surface area contributed by atoms with Gasteiger partial charge < -0.3 is 9.64 Å². The predicted octanol–water partition coefficient (Wildman–Crippen LogP) is 3.90. The number of cyclic esters (lactones) is 1. The maximum atomic E-state index is 13.4. The molecular formula is C20H32N2O3Si2. The first-order valence-electron chi connectivity index (χ1n) is 9.69. The number of ether oxygens (including phenoxy) is 1. The summed E-state index contributed by atoms with van der Waals surface area (Å²) in [6.45, 7) is 16.9. The van der Waals surface area contributed by atoms with Gasteiger partial charge in [-0.05, 0) is 12.5 Å². The molecule has 0 spiro atoms. The standard InChI is InChI=1S/C20H32N2O3Si2/c1-20(14-21(17(20)23)19(26(2,3)4)27(5,6)7)22-16(13-25-18(22)24)15-11-9-8-10-12-15/h8-12,16,19H,13-14H2,1-7H3/t16-,20-/m1/s1. The van der Waals surface area contributed by atoms with E-state index in [2.05, 4.69) is 44.2 Å². The average molecular weight is 405 g/mol. The number of nitrogens with zero attached hydrogens (tertiary/aromatic N) is 2. The van der Waals surface area contributed by atoms with E-state index < -0.39 is 21.7 Å². The molecule has 5 nitrogen and oxygen atoms in total. The van der Waals surface area contributed by atoms with Gasteiger partial charge >= 0.3 is 6.09 Å². The van der Waals surface area contributed by atoms with Crippen molar-refractivity contribution in [1.29, 1.82) is 0 Å². The molecule has 2 atom stereocenters. The average Bonchev–Trinajstić information content (AvgIpc) is 2.94. The van der Waals surface area contributed by atoms with Gasteiger partial charge in [-0.3, -0.25) is 9.69 Å². The highest BCUT2D eigenvalue weighted by molar-refractivity contribution is 6.96. The van der Waals surface area contributed by atoms with Crippen LogP contribution in [0, 0.1) is 0 Å². The molecule has 0 unspecified atom stereocenters. The van der Waals surface area contributed by atoms with Crippen LogP contribution in [-0.2, 0) is 9.53 Å². The Balaban J connectivity index is 1.90. The molecule has 0 N–H and O–H groups in total. The molecule has 2 fully saturated rings. The Morgan fingerprint density at radius 2 is 1.59 bits per heavy atom. The number of likely N-dealkylation sites (tertiary alicyclic amines) is 1. The van der Waals surface area contributed by atoms with Gasteiger partial charge in [0.1, 0.15) is 12.1 Å². The molecule has 2 saturated heterocycles. The molecule has 0 radical (unpaired) electrons. The van der Waals surface area contributed by atoms with Crippen LogP contribution in [0.1, 0.15) is 18.5 Å². The lowest BCUT2D eigenvalue weighted by Gasteiger charge is -2.59. The lowest BCUT2D eigenvalue weighted by atomic mass is 9.87. The highest BCUT2D eigenvalue weighted by atomic mass is 28.4. The van der Waals surface area contributed by atoms with Crippen molar-refractivity contribution in [3.8, 4) is 0 Å². The summed E-state index contributed by atoms with van der Waals surface area (Å²) in [6.07, 6.45) is -0.378. The molecule has 2 aliphatic heterocycles. The summed E-state index contributed by atoms with van der Waals surface area (Å²) in [6, 6.07) is 9.66. The third-order valence-electron chi connectivity index (χ3n) is 5.74. The fraction of sp³-hybridized carbons (Fsp3) is 0.600. The van der Waals surface area contributed by atoms with Crippen molar-refractivity contribution < 1.29 is 14.3 Å². The molecule has 0 aromatic heterocycles. The van der Waals surface area contributed by atoms with Gasteiger partial charge in [-0.2, -0.15) is 0 Å². The van der Waals surface area contributed by atoms with Crippen molar-refractivity contribution in [3.63, 3.8) is 0 Å². The van der Waals surface area contributed by atoms with E-state index >= 15 is 0 Å². The molecule has 1 aromatic carbocycles. The van der Waals surface area contributed by atoms with E-state index in [1.807, 2.05) is 37.3 Å². The predicted molar refractivity (Wildman–Crippen MR) is 113 cm³/mol. The second-order valence-electron chi connectivity index (χ2n) is 10.2. The summed E-state index contributed by atoms with van der Waals surface area (Å²) in [5.74, 6) is 0.0807. The monoisotopic (exact) mass is 404 g/mol. The first kappa shape index (κ1) is 20.1. The quantitative estimate of drug-likeness (QED) is 0.552. The summed E-state index contributed by atoms with van der Waals surface area (Å²) < 4.78 is 5.37. The number of amides is 2. The van der Waals surface area contributed by atoms with E-state index in [9.17, 15) is 9.59 Å². The lowest BCUT2D eigenvalue weighted by Crippen LogP contribution is -2.80. The number of carbonyl (C=O) groups is 2. The van der Waals surface area contributed by atoms with E-state index in [1.165, 1.54) is 0 Å². The van der Waals surface area contributed by atoms with Gasteiger partial charge in [-0.1, -0.05) is 69.6 Å². The van der Waals surface area contributed by atoms with E-state index in [4.69, 9.17) is 4.74 Å². The zero-order valence-electron chi connectivity index (χ0n) is 17.6. The fourth-order valence-corrected chi connectivity index (χ4v) is 17.9. The number of hydrogen-bond acceptors (Lipinski definition) is 3. The van der Waals surface area contributed by atoms with Gasteiger partial charge in [0.15, 0.2) is 0 Å². The van der Waals surface area contributed by atoms with Crippen LogP contribution in [0.3, 0.4) is 0 Å². The fourth-order valence-electron chi connectivity index (χ4n) is 5.20. The van der Waals surface area contributed by atoms with Gasteiger partial charge in [0.2, 0.25) is 5.91 Å². The van der Waals surface area contributed by atoms with Crippen LogP contribution in [0.5, 0.6) is 0 Å². The highest BCUT2D eigenvalue weighted by Gasteiger charge is 2.62. The van der Waals surface area contributed by atoms with Crippen molar-refractivity contribution in [3.05, 3.63) is 35.9 Å². The number of hydrogen-bond donors (Lipinski definition) is 0. The van der Waals surface area contributed by atoms with E-state index in [1.54, 1.807) is 4.90 Å². The molecule has 148 valence electrons. The molecule has 27 heavy (non-hydrogen) atoms. The normalized spacial score (nSPS) is 26.4. The third kappa shape index (κ3) is 3.35. The maximum Gasteiger partial charge on any atom is 0.411 e. The van der Waals surface area contributed by atoms with E-state index in [-0.39, 0.29) is 18.0 Å². The first-order valence-corrected chi connectivity index (χ1v) is 16.8. The second kappa shape index (κ2) is 6.48. The Hall–Kier alpha value is -1.61. The maximum absolute atomic E-state index is 13.4. The minimum absolute atomic E-state index is 0.0807. The summed E-state index contributed by atoms with van der Waals surface area (Å²) in [4.78, 5) is 29.8. The number of benzene rings is 1. The van der Waals surface area contributed by atoms with Gasteiger partial charge in [-0.15, -0.1) is 0 Å². The van der Waals surface area contributed by atoms with Gasteiger partial charge in [0, 0.05) is 5.29 Å². The summed E-state index contributed by atoms with van der Waals surface area (Å²) in [7, 11) is -3.13. The zero-order valence-corrected chi connectivity index (χ0v) is 19.6. The molecule has 0 bridgehead atoms. The minimum Gasteiger partial charge on any atom is -0.447 e. The largest absolute Gasteiger partial charge is 0.447 e. The lowest BCUT2D eigenvalue weighted by molar-refractivity contribution is -0.160. The van der Waals surface area contributed by atoms with Crippen molar-refractivity contribution in [2.75, 3.05) is 13.2 Å². The van der Waals surface area contributed by atoms with Gasteiger partial charge in [0.25, 0.3) is 0 Å². The van der Waals surface area contributed by atoms with Crippen molar-refractivity contribution in [1.82, 2.24) is 9.80 Å². The SMILES string of the molecule is C[C@@]1(N2C(=O)OC[C@@H]2c2ccccc2)CN(C([Si](C)(C)C)[Si](C)(C)C)C1=O. The molecule has 7 heteroatoms. The topological polar surface area (TPSA) is 49.9 Å². The number of β-lactam (4-membered cyclic amide) rings is 1. The Morgan fingerprint density at radius 1 is 1.04 bits per heavy atom. The summed E-state index contributed by atoms with van der Waals surface area (Å²) in [5.41, 5.74) is 0.203. The highest BCUT2D eigenvalue weighted by Crippen LogP contribution is 2.42. The number of carbonyl (C=O) groups excluding carboxylic acids is 2. The molecule has 1 aromatic rings. The second-order valence-corrected chi connectivity index (χ2v) is 21.4. The molecular weight excluding hydrogens is 372 g/mol. The summed E-state index contributed by atoms with van der Waals surface area (Å²) >= 11 is 0. The van der Waals surface area contributed by atoms with Crippen LogP contribution in [0.4, 0.5) is 4.79 Å².